The Morgan fingerprint density at radius 2 is 2.17 bits per heavy atom. The topological polar surface area (TPSA) is 95.6 Å². The minimum atomic E-state index is -3.85. The smallest absolute Gasteiger partial charge is 0.268 e. The van der Waals surface area contributed by atoms with E-state index in [1.165, 1.54) is 18.2 Å². The van der Waals surface area contributed by atoms with E-state index >= 15 is 0 Å². The number of nitrogens with zero attached hydrogens (tertiary/aromatic N) is 1. The molecular weight excluding hydrogens is 330 g/mol. The zero-order valence-electron chi connectivity index (χ0n) is 13.7. The van der Waals surface area contributed by atoms with Gasteiger partial charge >= 0.3 is 0 Å². The summed E-state index contributed by atoms with van der Waals surface area (Å²) in [6.45, 7) is 4.58. The quantitative estimate of drug-likeness (QED) is 0.837. The first kappa shape index (κ1) is 16.9. The fraction of sp³-hybridized carbons (Fsp3) is 0.500. The minimum absolute atomic E-state index is 0.0624. The molecular formula is C16H21N3O4S. The molecule has 2 N–H and O–H groups in total. The normalized spacial score (nSPS) is 25.4. The molecule has 2 atom stereocenters. The molecule has 1 saturated heterocycles. The predicted octanol–water partition coefficient (Wildman–Crippen LogP) is 0.721. The Labute approximate surface area is 141 Å². The number of hydrogen-bond acceptors (Lipinski definition) is 5. The molecule has 24 heavy (non-hydrogen) atoms. The Kier molecular flexibility index (Phi) is 4.35. The standard InChI is InChI=1S/C16H21N3O4S/c1-3-19-16(21)13-5-4-11(9-14(13)24(19,22)23)15(20)18-12-6-7-17-10(2)8-12/h4-5,9-10,12,17H,3,6-8H2,1-2H3,(H,18,20). The van der Waals surface area contributed by atoms with E-state index in [4.69, 9.17) is 0 Å². The molecule has 1 aromatic rings. The number of piperidine rings is 1. The Balaban J connectivity index is 1.85. The second kappa shape index (κ2) is 6.18. The lowest BCUT2D eigenvalue weighted by Gasteiger charge is -2.28. The third-order valence-corrected chi connectivity index (χ3v) is 6.41. The van der Waals surface area contributed by atoms with Gasteiger partial charge in [-0.25, -0.2) is 12.7 Å². The number of amides is 2. The van der Waals surface area contributed by atoms with Crippen LogP contribution in [0.3, 0.4) is 0 Å². The summed E-state index contributed by atoms with van der Waals surface area (Å²) in [4.78, 5) is 24.5. The average Bonchev–Trinajstić information content (AvgIpc) is 2.73. The highest BCUT2D eigenvalue weighted by molar-refractivity contribution is 7.90. The summed E-state index contributed by atoms with van der Waals surface area (Å²) in [5, 5.41) is 6.26. The highest BCUT2D eigenvalue weighted by Gasteiger charge is 2.40. The van der Waals surface area contributed by atoms with Crippen LogP contribution in [0.5, 0.6) is 0 Å². The van der Waals surface area contributed by atoms with Crippen LogP contribution in [0.2, 0.25) is 0 Å². The molecule has 130 valence electrons. The van der Waals surface area contributed by atoms with Gasteiger partial charge in [-0.1, -0.05) is 0 Å². The van der Waals surface area contributed by atoms with Crippen molar-refractivity contribution in [1.29, 1.82) is 0 Å². The van der Waals surface area contributed by atoms with Crippen LogP contribution >= 0.6 is 0 Å². The third-order valence-electron chi connectivity index (χ3n) is 4.51. The maximum Gasteiger partial charge on any atom is 0.268 e. The molecule has 1 aromatic carbocycles. The van der Waals surface area contributed by atoms with E-state index in [9.17, 15) is 18.0 Å². The molecule has 0 aliphatic carbocycles. The number of benzene rings is 1. The van der Waals surface area contributed by atoms with Gasteiger partial charge in [0.05, 0.1) is 5.56 Å². The summed E-state index contributed by atoms with van der Waals surface area (Å²) in [6.07, 6.45) is 1.67. The molecule has 0 spiro atoms. The molecule has 8 heteroatoms. The van der Waals surface area contributed by atoms with Crippen LogP contribution < -0.4 is 10.6 Å². The van der Waals surface area contributed by atoms with Gasteiger partial charge in [-0.2, -0.15) is 0 Å². The monoisotopic (exact) mass is 351 g/mol. The first-order valence-electron chi connectivity index (χ1n) is 8.10. The lowest BCUT2D eigenvalue weighted by molar-refractivity contribution is 0.0873. The highest BCUT2D eigenvalue weighted by Crippen LogP contribution is 2.30. The van der Waals surface area contributed by atoms with Crippen molar-refractivity contribution in [3.8, 4) is 0 Å². The fourth-order valence-corrected chi connectivity index (χ4v) is 4.86. The van der Waals surface area contributed by atoms with Crippen LogP contribution in [-0.2, 0) is 10.0 Å². The van der Waals surface area contributed by atoms with Gasteiger partial charge in [0.25, 0.3) is 21.8 Å². The van der Waals surface area contributed by atoms with E-state index < -0.39 is 15.9 Å². The van der Waals surface area contributed by atoms with Crippen molar-refractivity contribution < 1.29 is 18.0 Å². The van der Waals surface area contributed by atoms with E-state index in [1.54, 1.807) is 6.92 Å². The van der Waals surface area contributed by atoms with Crippen LogP contribution in [0.1, 0.15) is 47.4 Å². The molecule has 2 unspecified atom stereocenters. The van der Waals surface area contributed by atoms with Crippen molar-refractivity contribution in [2.45, 2.75) is 43.7 Å². The van der Waals surface area contributed by atoms with Crippen molar-refractivity contribution in [2.75, 3.05) is 13.1 Å². The maximum absolute atomic E-state index is 12.4. The van der Waals surface area contributed by atoms with Crippen LogP contribution in [0, 0.1) is 0 Å². The Hall–Kier alpha value is -1.93. The summed E-state index contributed by atoms with van der Waals surface area (Å²) >= 11 is 0. The summed E-state index contributed by atoms with van der Waals surface area (Å²) in [7, 11) is -3.85. The Bertz CT molecular complexity index is 791. The first-order chi connectivity index (χ1) is 11.3. The van der Waals surface area contributed by atoms with Crippen molar-refractivity contribution in [2.24, 2.45) is 0 Å². The van der Waals surface area contributed by atoms with E-state index in [1.807, 2.05) is 0 Å². The maximum atomic E-state index is 12.4. The second-order valence-corrected chi connectivity index (χ2v) is 8.07. The van der Waals surface area contributed by atoms with Gasteiger partial charge in [-0.15, -0.1) is 0 Å². The molecule has 2 aliphatic heterocycles. The first-order valence-corrected chi connectivity index (χ1v) is 9.54. The van der Waals surface area contributed by atoms with Crippen molar-refractivity contribution in [1.82, 2.24) is 14.9 Å². The third kappa shape index (κ3) is 2.80. The molecule has 0 radical (unpaired) electrons. The lowest BCUT2D eigenvalue weighted by atomic mass is 10.00. The summed E-state index contributed by atoms with van der Waals surface area (Å²) in [5.74, 6) is -0.846. The number of nitrogens with one attached hydrogen (secondary N) is 2. The fourth-order valence-electron chi connectivity index (χ4n) is 3.26. The number of carbonyl (C=O) groups excluding carboxylic acids is 2. The number of carbonyl (C=O) groups is 2. The number of sulfonamides is 1. The van der Waals surface area contributed by atoms with Gasteiger partial charge in [0.1, 0.15) is 4.90 Å². The van der Waals surface area contributed by atoms with Gasteiger partial charge in [0, 0.05) is 24.2 Å². The number of hydrogen-bond donors (Lipinski definition) is 2. The van der Waals surface area contributed by atoms with Gasteiger partial charge < -0.3 is 10.6 Å². The van der Waals surface area contributed by atoms with Crippen molar-refractivity contribution in [3.05, 3.63) is 29.3 Å². The molecule has 1 fully saturated rings. The Morgan fingerprint density at radius 3 is 2.83 bits per heavy atom. The van der Waals surface area contributed by atoms with Crippen LogP contribution in [0.25, 0.3) is 0 Å². The molecule has 2 heterocycles. The van der Waals surface area contributed by atoms with Gasteiger partial charge in [-0.05, 0) is 51.4 Å². The predicted molar refractivity (Wildman–Crippen MR) is 88.3 cm³/mol. The second-order valence-electron chi connectivity index (χ2n) is 6.24. The van der Waals surface area contributed by atoms with Crippen LogP contribution in [0.4, 0.5) is 0 Å². The summed E-state index contributed by atoms with van der Waals surface area (Å²) in [6, 6.07) is 4.63. The van der Waals surface area contributed by atoms with Crippen molar-refractivity contribution >= 4 is 21.8 Å². The molecule has 3 rings (SSSR count). The molecule has 0 saturated carbocycles. The van der Waals surface area contributed by atoms with E-state index in [2.05, 4.69) is 17.6 Å². The zero-order chi connectivity index (χ0) is 17.5. The zero-order valence-corrected chi connectivity index (χ0v) is 14.5. The van der Waals surface area contributed by atoms with E-state index in [0.29, 0.717) is 6.04 Å². The average molecular weight is 351 g/mol. The highest BCUT2D eigenvalue weighted by atomic mass is 32.2. The lowest BCUT2D eigenvalue weighted by Crippen LogP contribution is -2.46. The number of fused-ring (bicyclic) bond motifs is 1. The summed E-state index contributed by atoms with van der Waals surface area (Å²) in [5.41, 5.74) is 0.387. The molecule has 2 aliphatic rings. The largest absolute Gasteiger partial charge is 0.349 e. The van der Waals surface area contributed by atoms with E-state index in [-0.39, 0.29) is 34.5 Å². The van der Waals surface area contributed by atoms with Gasteiger partial charge in [0.2, 0.25) is 0 Å². The molecule has 7 nitrogen and oxygen atoms in total. The Morgan fingerprint density at radius 1 is 1.42 bits per heavy atom. The molecule has 2 amide bonds. The van der Waals surface area contributed by atoms with E-state index in [0.717, 1.165) is 23.7 Å². The SMILES string of the molecule is CCN1C(=O)c2ccc(C(=O)NC3CCNC(C)C3)cc2S1(=O)=O. The van der Waals surface area contributed by atoms with Crippen LogP contribution in [0.15, 0.2) is 23.1 Å². The molecule has 0 bridgehead atoms. The van der Waals surface area contributed by atoms with Gasteiger partial charge in [-0.3, -0.25) is 9.59 Å². The summed E-state index contributed by atoms with van der Waals surface area (Å²) < 4.78 is 25.6. The molecule has 0 aromatic heterocycles. The minimum Gasteiger partial charge on any atom is -0.349 e. The van der Waals surface area contributed by atoms with Crippen molar-refractivity contribution in [3.63, 3.8) is 0 Å². The number of rotatable bonds is 3. The van der Waals surface area contributed by atoms with Crippen LogP contribution in [-0.4, -0.2) is 49.7 Å². The van der Waals surface area contributed by atoms with Gasteiger partial charge in [0.15, 0.2) is 0 Å².